The number of ether oxygens (including phenoxy) is 2. The summed E-state index contributed by atoms with van der Waals surface area (Å²) in [4.78, 5) is 13.5. The topological polar surface area (TPSA) is 64.8 Å². The van der Waals surface area contributed by atoms with Crippen LogP contribution in [-0.4, -0.2) is 48.4 Å². The van der Waals surface area contributed by atoms with E-state index in [0.29, 0.717) is 19.6 Å². The quantitative estimate of drug-likeness (QED) is 0.779. The molecule has 1 fully saturated rings. The van der Waals surface area contributed by atoms with E-state index in [4.69, 9.17) is 15.2 Å². The van der Waals surface area contributed by atoms with Gasteiger partial charge in [0.25, 0.3) is 0 Å². The van der Waals surface area contributed by atoms with Crippen LogP contribution in [0.15, 0.2) is 0 Å². The lowest BCUT2D eigenvalue weighted by Crippen LogP contribution is -2.52. The molecule has 0 aromatic heterocycles. The van der Waals surface area contributed by atoms with Gasteiger partial charge in [-0.1, -0.05) is 0 Å². The van der Waals surface area contributed by atoms with E-state index in [9.17, 15) is 4.79 Å². The Balaban J connectivity index is 0.00000256. The smallest absolute Gasteiger partial charge is 0.410 e. The zero-order chi connectivity index (χ0) is 12.3. The van der Waals surface area contributed by atoms with Crippen molar-refractivity contribution in [2.24, 2.45) is 5.73 Å². The number of hydrogen-bond donors (Lipinski definition) is 1. The first-order chi connectivity index (χ1) is 7.31. The van der Waals surface area contributed by atoms with Crippen molar-refractivity contribution in [2.75, 3.05) is 19.6 Å². The minimum absolute atomic E-state index is 0. The molecular formula is C11H23ClN2O3. The largest absolute Gasteiger partial charge is 0.444 e. The van der Waals surface area contributed by atoms with E-state index in [1.54, 1.807) is 4.90 Å². The number of amides is 1. The van der Waals surface area contributed by atoms with E-state index in [2.05, 4.69) is 0 Å². The maximum absolute atomic E-state index is 11.8. The van der Waals surface area contributed by atoms with Crippen LogP contribution in [-0.2, 0) is 9.47 Å². The second-order valence-electron chi connectivity index (χ2n) is 5.19. The molecule has 0 aromatic rings. The standard InChI is InChI=1S/C11H22N2O3.ClH/c1-8-6-13(7-9(5-12)15-8)10(14)16-11(2,3)4;/h8-9H,5-7,12H2,1-4H3;1H/t8-,9+;/m1./s1. The van der Waals surface area contributed by atoms with Crippen LogP contribution in [0.1, 0.15) is 27.7 Å². The molecule has 1 aliphatic heterocycles. The molecular weight excluding hydrogens is 244 g/mol. The van der Waals surface area contributed by atoms with Crippen molar-refractivity contribution >= 4 is 18.5 Å². The number of nitrogens with two attached hydrogens (primary N) is 1. The molecule has 0 aliphatic carbocycles. The van der Waals surface area contributed by atoms with Crippen LogP contribution < -0.4 is 5.73 Å². The third-order valence-electron chi connectivity index (χ3n) is 2.24. The number of morpholine rings is 1. The maximum Gasteiger partial charge on any atom is 0.410 e. The summed E-state index contributed by atoms with van der Waals surface area (Å²) in [5.41, 5.74) is 5.09. The fourth-order valence-electron chi connectivity index (χ4n) is 1.65. The Bertz CT molecular complexity index is 256. The molecule has 1 amide bonds. The second kappa shape index (κ2) is 6.42. The molecule has 17 heavy (non-hydrogen) atoms. The van der Waals surface area contributed by atoms with E-state index >= 15 is 0 Å². The molecule has 0 bridgehead atoms. The number of carbonyl (C=O) groups is 1. The molecule has 2 atom stereocenters. The zero-order valence-corrected chi connectivity index (χ0v) is 11.8. The van der Waals surface area contributed by atoms with Crippen LogP contribution >= 0.6 is 12.4 Å². The van der Waals surface area contributed by atoms with E-state index < -0.39 is 5.60 Å². The van der Waals surface area contributed by atoms with Crippen LogP contribution in [0.4, 0.5) is 4.79 Å². The van der Waals surface area contributed by atoms with Crippen molar-refractivity contribution in [3.63, 3.8) is 0 Å². The van der Waals surface area contributed by atoms with Gasteiger partial charge in [-0.15, -0.1) is 12.4 Å². The summed E-state index contributed by atoms with van der Waals surface area (Å²) >= 11 is 0. The van der Waals surface area contributed by atoms with E-state index in [1.165, 1.54) is 0 Å². The molecule has 2 N–H and O–H groups in total. The highest BCUT2D eigenvalue weighted by molar-refractivity contribution is 5.85. The fourth-order valence-corrected chi connectivity index (χ4v) is 1.65. The first-order valence-corrected chi connectivity index (χ1v) is 5.65. The molecule has 6 heteroatoms. The van der Waals surface area contributed by atoms with E-state index in [-0.39, 0.29) is 30.7 Å². The van der Waals surface area contributed by atoms with Crippen molar-refractivity contribution < 1.29 is 14.3 Å². The Morgan fingerprint density at radius 1 is 1.47 bits per heavy atom. The molecule has 102 valence electrons. The molecule has 0 saturated carbocycles. The Morgan fingerprint density at radius 3 is 2.53 bits per heavy atom. The van der Waals surface area contributed by atoms with Gasteiger partial charge >= 0.3 is 6.09 Å². The summed E-state index contributed by atoms with van der Waals surface area (Å²) in [5.74, 6) is 0. The Morgan fingerprint density at radius 2 is 2.06 bits per heavy atom. The summed E-state index contributed by atoms with van der Waals surface area (Å²) in [6, 6.07) is 0. The average Bonchev–Trinajstić information content (AvgIpc) is 2.14. The monoisotopic (exact) mass is 266 g/mol. The minimum Gasteiger partial charge on any atom is -0.444 e. The van der Waals surface area contributed by atoms with E-state index in [1.807, 2.05) is 27.7 Å². The third kappa shape index (κ3) is 5.57. The molecule has 1 heterocycles. The predicted octanol–water partition coefficient (Wildman–Crippen LogP) is 1.39. The van der Waals surface area contributed by atoms with Gasteiger partial charge < -0.3 is 20.1 Å². The van der Waals surface area contributed by atoms with Crippen LogP contribution in [0, 0.1) is 0 Å². The van der Waals surface area contributed by atoms with Crippen LogP contribution in [0.25, 0.3) is 0 Å². The van der Waals surface area contributed by atoms with Gasteiger partial charge in [0.2, 0.25) is 0 Å². The lowest BCUT2D eigenvalue weighted by atomic mass is 10.2. The normalized spacial score (nSPS) is 25.1. The van der Waals surface area contributed by atoms with Gasteiger partial charge in [-0.2, -0.15) is 0 Å². The van der Waals surface area contributed by atoms with Crippen molar-refractivity contribution in [1.82, 2.24) is 4.90 Å². The number of carbonyl (C=O) groups excluding carboxylic acids is 1. The van der Waals surface area contributed by atoms with Gasteiger partial charge in [0.1, 0.15) is 5.60 Å². The summed E-state index contributed by atoms with van der Waals surface area (Å²) in [6.07, 6.45) is -0.368. The first-order valence-electron chi connectivity index (χ1n) is 5.65. The molecule has 1 rings (SSSR count). The van der Waals surface area contributed by atoms with Crippen molar-refractivity contribution in [1.29, 1.82) is 0 Å². The highest BCUT2D eigenvalue weighted by atomic mass is 35.5. The number of halogens is 1. The summed E-state index contributed by atoms with van der Waals surface area (Å²) < 4.78 is 10.9. The van der Waals surface area contributed by atoms with Crippen molar-refractivity contribution in [2.45, 2.75) is 45.5 Å². The lowest BCUT2D eigenvalue weighted by molar-refractivity contribution is -0.0757. The van der Waals surface area contributed by atoms with Gasteiger partial charge in [0, 0.05) is 6.54 Å². The maximum atomic E-state index is 11.8. The van der Waals surface area contributed by atoms with Gasteiger partial charge in [0.15, 0.2) is 0 Å². The molecule has 0 spiro atoms. The lowest BCUT2D eigenvalue weighted by Gasteiger charge is -2.37. The number of nitrogens with zero attached hydrogens (tertiary/aromatic N) is 1. The van der Waals surface area contributed by atoms with Gasteiger partial charge in [0.05, 0.1) is 25.3 Å². The minimum atomic E-state index is -0.461. The SMILES string of the molecule is C[C@@H]1CN(C(=O)OC(C)(C)C)C[C@H](CN)O1.Cl. The Hall–Kier alpha value is -0.520. The predicted molar refractivity (Wildman–Crippen MR) is 68.4 cm³/mol. The third-order valence-corrected chi connectivity index (χ3v) is 2.24. The van der Waals surface area contributed by atoms with Gasteiger partial charge in [-0.25, -0.2) is 4.79 Å². The number of hydrogen-bond acceptors (Lipinski definition) is 4. The van der Waals surface area contributed by atoms with Gasteiger partial charge in [-0.3, -0.25) is 0 Å². The molecule has 1 aliphatic rings. The Kier molecular flexibility index (Phi) is 6.23. The first kappa shape index (κ1) is 16.5. The second-order valence-corrected chi connectivity index (χ2v) is 5.19. The summed E-state index contributed by atoms with van der Waals surface area (Å²) in [7, 11) is 0. The zero-order valence-electron chi connectivity index (χ0n) is 10.9. The average molecular weight is 267 g/mol. The van der Waals surface area contributed by atoms with Crippen molar-refractivity contribution in [3.8, 4) is 0 Å². The summed E-state index contributed by atoms with van der Waals surface area (Å²) in [6.45, 7) is 8.99. The highest BCUT2D eigenvalue weighted by Crippen LogP contribution is 2.15. The summed E-state index contributed by atoms with van der Waals surface area (Å²) in [5, 5.41) is 0. The molecule has 1 saturated heterocycles. The van der Waals surface area contributed by atoms with Crippen LogP contribution in [0.5, 0.6) is 0 Å². The molecule has 0 radical (unpaired) electrons. The molecule has 0 aromatic carbocycles. The highest BCUT2D eigenvalue weighted by Gasteiger charge is 2.30. The molecule has 0 unspecified atom stereocenters. The van der Waals surface area contributed by atoms with E-state index in [0.717, 1.165) is 0 Å². The van der Waals surface area contributed by atoms with Crippen LogP contribution in [0.3, 0.4) is 0 Å². The Labute approximate surface area is 109 Å². The van der Waals surface area contributed by atoms with Crippen LogP contribution in [0.2, 0.25) is 0 Å². The van der Waals surface area contributed by atoms with Gasteiger partial charge in [-0.05, 0) is 27.7 Å². The fraction of sp³-hybridized carbons (Fsp3) is 0.909. The van der Waals surface area contributed by atoms with Crippen molar-refractivity contribution in [3.05, 3.63) is 0 Å². The number of rotatable bonds is 1. The molecule has 5 nitrogen and oxygen atoms in total.